The van der Waals surface area contributed by atoms with Crippen molar-refractivity contribution in [2.24, 2.45) is 5.92 Å². The highest BCUT2D eigenvalue weighted by Gasteiger charge is 2.13. The molecule has 0 aliphatic heterocycles. The van der Waals surface area contributed by atoms with Crippen LogP contribution in [-0.4, -0.2) is 40.2 Å². The number of carboxylic acids is 1. The number of hydrogen-bond donors (Lipinski definition) is 3. The van der Waals surface area contributed by atoms with Crippen LogP contribution in [-0.2, 0) is 12.8 Å². The molecular weight excluding hydrogens is 428 g/mol. The molecule has 3 aromatic rings. The fraction of sp³-hybridized carbons (Fsp3) is 0.393. The van der Waals surface area contributed by atoms with E-state index >= 15 is 0 Å². The third-order valence-corrected chi connectivity index (χ3v) is 5.86. The molecule has 34 heavy (non-hydrogen) atoms. The molecule has 1 amide bonds. The second kappa shape index (κ2) is 12.8. The fourth-order valence-electron chi connectivity index (χ4n) is 3.57. The topological polar surface area (TPSA) is 99.5 Å². The van der Waals surface area contributed by atoms with E-state index in [1.807, 2.05) is 18.2 Å². The Hall–Kier alpha value is -3.25. The lowest BCUT2D eigenvalue weighted by Gasteiger charge is -2.15. The van der Waals surface area contributed by atoms with Crippen LogP contribution in [0.1, 0.15) is 71.0 Å². The zero-order valence-electron chi connectivity index (χ0n) is 19.8. The van der Waals surface area contributed by atoms with Gasteiger partial charge >= 0.3 is 5.97 Å². The minimum atomic E-state index is -0.879. The number of benzene rings is 2. The number of aromatic carboxylic acids is 1. The van der Waals surface area contributed by atoms with E-state index in [2.05, 4.69) is 18.3 Å². The SMILES string of the molecule is CC1CC1.O=C(NCCCO)c1ccc2nc3c(cc2c1)CCCC3.O=C(O)c1ccccc1. The molecule has 0 spiro atoms. The maximum Gasteiger partial charge on any atom is 0.335 e. The second-order valence-electron chi connectivity index (χ2n) is 8.90. The predicted molar refractivity (Wildman–Crippen MR) is 134 cm³/mol. The van der Waals surface area contributed by atoms with Crippen LogP contribution in [0.5, 0.6) is 0 Å². The Balaban J connectivity index is 0.000000204. The highest BCUT2D eigenvalue weighted by molar-refractivity contribution is 5.98. The van der Waals surface area contributed by atoms with Gasteiger partial charge < -0.3 is 15.5 Å². The Bertz CT molecular complexity index is 1090. The first-order chi connectivity index (χ1) is 16.5. The van der Waals surface area contributed by atoms with E-state index in [1.54, 1.807) is 30.3 Å². The molecule has 1 fully saturated rings. The Morgan fingerprint density at radius 1 is 1.00 bits per heavy atom. The van der Waals surface area contributed by atoms with Crippen LogP contribution >= 0.6 is 0 Å². The Morgan fingerprint density at radius 3 is 2.32 bits per heavy atom. The van der Waals surface area contributed by atoms with Gasteiger partial charge in [-0.2, -0.15) is 0 Å². The number of carbonyl (C=O) groups excluding carboxylic acids is 1. The van der Waals surface area contributed by atoms with E-state index in [4.69, 9.17) is 15.2 Å². The van der Waals surface area contributed by atoms with Gasteiger partial charge in [0.25, 0.3) is 5.91 Å². The lowest BCUT2D eigenvalue weighted by atomic mass is 9.94. The van der Waals surface area contributed by atoms with Gasteiger partial charge in [-0.25, -0.2) is 4.79 Å². The third kappa shape index (κ3) is 7.96. The first-order valence-corrected chi connectivity index (χ1v) is 12.1. The van der Waals surface area contributed by atoms with Crippen LogP contribution in [0.25, 0.3) is 10.9 Å². The molecule has 5 rings (SSSR count). The van der Waals surface area contributed by atoms with E-state index in [1.165, 1.54) is 36.9 Å². The zero-order valence-corrected chi connectivity index (χ0v) is 19.8. The third-order valence-electron chi connectivity index (χ3n) is 5.86. The van der Waals surface area contributed by atoms with Crippen LogP contribution in [0.3, 0.4) is 0 Å². The van der Waals surface area contributed by atoms with Gasteiger partial charge in [0.1, 0.15) is 0 Å². The average molecular weight is 463 g/mol. The number of aromatic nitrogens is 1. The summed E-state index contributed by atoms with van der Waals surface area (Å²) in [5.74, 6) is 0.110. The predicted octanol–water partition coefficient (Wildman–Crippen LogP) is 5.03. The Labute approximate surface area is 201 Å². The molecule has 0 atom stereocenters. The highest BCUT2D eigenvalue weighted by atomic mass is 16.4. The quantitative estimate of drug-likeness (QED) is 0.462. The first-order valence-electron chi connectivity index (χ1n) is 12.1. The molecule has 1 heterocycles. The molecule has 0 radical (unpaired) electrons. The molecule has 2 aromatic carbocycles. The van der Waals surface area contributed by atoms with Crippen molar-refractivity contribution in [3.05, 3.63) is 77.0 Å². The maximum atomic E-state index is 12.0. The first kappa shape index (κ1) is 25.4. The minimum absolute atomic E-state index is 0.0913. The van der Waals surface area contributed by atoms with Gasteiger partial charge in [-0.05, 0) is 80.0 Å². The van der Waals surface area contributed by atoms with Crippen molar-refractivity contribution < 1.29 is 19.8 Å². The number of carbonyl (C=O) groups is 2. The van der Waals surface area contributed by atoms with Crippen molar-refractivity contribution in [1.29, 1.82) is 0 Å². The van der Waals surface area contributed by atoms with Gasteiger partial charge in [0.2, 0.25) is 0 Å². The largest absolute Gasteiger partial charge is 0.478 e. The highest BCUT2D eigenvalue weighted by Crippen LogP contribution is 2.26. The van der Waals surface area contributed by atoms with Crippen LogP contribution in [0.2, 0.25) is 0 Å². The number of fused-ring (bicyclic) bond motifs is 2. The smallest absolute Gasteiger partial charge is 0.335 e. The lowest BCUT2D eigenvalue weighted by Crippen LogP contribution is -2.24. The van der Waals surface area contributed by atoms with Gasteiger partial charge in [-0.3, -0.25) is 9.78 Å². The Morgan fingerprint density at radius 2 is 1.71 bits per heavy atom. The summed E-state index contributed by atoms with van der Waals surface area (Å²) >= 11 is 0. The summed E-state index contributed by atoms with van der Waals surface area (Å²) < 4.78 is 0. The molecule has 2 aliphatic rings. The molecule has 0 saturated heterocycles. The van der Waals surface area contributed by atoms with E-state index < -0.39 is 5.97 Å². The molecule has 0 bridgehead atoms. The van der Waals surface area contributed by atoms with Gasteiger partial charge in [-0.15, -0.1) is 0 Å². The van der Waals surface area contributed by atoms with Gasteiger partial charge in [0, 0.05) is 29.8 Å². The number of aryl methyl sites for hydroxylation is 2. The molecule has 1 saturated carbocycles. The lowest BCUT2D eigenvalue weighted by molar-refractivity contribution is 0.0696. The number of rotatable bonds is 5. The summed E-state index contributed by atoms with van der Waals surface area (Å²) in [5.41, 5.74) is 4.48. The zero-order chi connectivity index (χ0) is 24.3. The van der Waals surface area contributed by atoms with E-state index in [0.717, 1.165) is 29.7 Å². The van der Waals surface area contributed by atoms with Crippen LogP contribution < -0.4 is 5.32 Å². The number of amides is 1. The van der Waals surface area contributed by atoms with Crippen molar-refractivity contribution in [2.45, 2.75) is 51.9 Å². The minimum Gasteiger partial charge on any atom is -0.478 e. The average Bonchev–Trinajstić information content (AvgIpc) is 3.65. The van der Waals surface area contributed by atoms with E-state index in [0.29, 0.717) is 24.1 Å². The van der Waals surface area contributed by atoms with Crippen molar-refractivity contribution in [2.75, 3.05) is 13.2 Å². The van der Waals surface area contributed by atoms with Crippen molar-refractivity contribution in [3.63, 3.8) is 0 Å². The Kier molecular flexibility index (Phi) is 9.59. The molecule has 6 nitrogen and oxygen atoms in total. The molecule has 6 heteroatoms. The van der Waals surface area contributed by atoms with E-state index in [-0.39, 0.29) is 12.5 Å². The van der Waals surface area contributed by atoms with Gasteiger partial charge in [-0.1, -0.05) is 38.0 Å². The van der Waals surface area contributed by atoms with Crippen molar-refractivity contribution in [3.8, 4) is 0 Å². The normalized spacial score (nSPS) is 14.1. The van der Waals surface area contributed by atoms with Gasteiger partial charge in [0.05, 0.1) is 11.1 Å². The number of nitrogens with one attached hydrogen (secondary N) is 1. The molecule has 1 aromatic heterocycles. The van der Waals surface area contributed by atoms with Crippen LogP contribution in [0, 0.1) is 5.92 Å². The van der Waals surface area contributed by atoms with Crippen molar-refractivity contribution >= 4 is 22.8 Å². The molecule has 3 N–H and O–H groups in total. The molecule has 0 unspecified atom stereocenters. The van der Waals surface area contributed by atoms with Crippen LogP contribution in [0.4, 0.5) is 0 Å². The molecule has 2 aliphatic carbocycles. The van der Waals surface area contributed by atoms with Crippen molar-refractivity contribution in [1.82, 2.24) is 10.3 Å². The number of nitrogens with zero attached hydrogens (tertiary/aromatic N) is 1. The summed E-state index contributed by atoms with van der Waals surface area (Å²) in [5, 5.41) is 21.0. The number of aliphatic hydroxyl groups is 1. The summed E-state index contributed by atoms with van der Waals surface area (Å²) in [7, 11) is 0. The molecule has 180 valence electrons. The number of pyridine rings is 1. The number of hydrogen-bond acceptors (Lipinski definition) is 4. The standard InChI is InChI=1S/C17H20N2O2.C7H6O2.C4H8/c20-9-3-8-18-17(21)13-6-7-16-14(11-13)10-12-4-1-2-5-15(12)19-16;8-7(9)6-4-2-1-3-5-6;1-4-2-3-4/h6-7,10-11,20H,1-5,8-9H2,(H,18,21);1-5H,(H,8,9);4H,2-3H2,1H3. The van der Waals surface area contributed by atoms with Gasteiger partial charge in [0.15, 0.2) is 0 Å². The maximum absolute atomic E-state index is 12.0. The second-order valence-corrected chi connectivity index (χ2v) is 8.90. The summed E-state index contributed by atoms with van der Waals surface area (Å²) in [6, 6.07) is 16.1. The van der Waals surface area contributed by atoms with Crippen LogP contribution in [0.15, 0.2) is 54.6 Å². The molecular formula is C28H34N2O4. The summed E-state index contributed by atoms with van der Waals surface area (Å²) in [6.45, 7) is 2.86. The fourth-order valence-corrected chi connectivity index (χ4v) is 3.57. The number of aliphatic hydroxyl groups excluding tert-OH is 1. The monoisotopic (exact) mass is 462 g/mol. The summed E-state index contributed by atoms with van der Waals surface area (Å²) in [4.78, 5) is 27.0. The summed E-state index contributed by atoms with van der Waals surface area (Å²) in [6.07, 6.45) is 8.15. The van der Waals surface area contributed by atoms with E-state index in [9.17, 15) is 9.59 Å². The number of carboxylic acid groups (broad SMARTS) is 1.